The van der Waals surface area contributed by atoms with Gasteiger partial charge in [-0.2, -0.15) is 0 Å². The van der Waals surface area contributed by atoms with Crippen LogP contribution < -0.4 is 5.32 Å². The Labute approximate surface area is 133 Å². The van der Waals surface area contributed by atoms with E-state index in [0.717, 1.165) is 41.2 Å². The number of rotatable bonds is 5. The second kappa shape index (κ2) is 6.18. The van der Waals surface area contributed by atoms with Gasteiger partial charge in [-0.25, -0.2) is 14.8 Å². The van der Waals surface area contributed by atoms with Crippen molar-refractivity contribution in [3.8, 4) is 0 Å². The molecular formula is C15H20N4O2S. The third kappa shape index (κ3) is 2.66. The van der Waals surface area contributed by atoms with Gasteiger partial charge in [0.05, 0.1) is 5.39 Å². The van der Waals surface area contributed by atoms with Gasteiger partial charge in [-0.05, 0) is 38.4 Å². The Balaban J connectivity index is 1.86. The van der Waals surface area contributed by atoms with Gasteiger partial charge in [0.25, 0.3) is 0 Å². The molecule has 2 aromatic rings. The van der Waals surface area contributed by atoms with Crippen molar-refractivity contribution in [1.29, 1.82) is 0 Å². The van der Waals surface area contributed by atoms with Crippen molar-refractivity contribution in [2.24, 2.45) is 0 Å². The molecule has 0 aliphatic carbocycles. The van der Waals surface area contributed by atoms with Gasteiger partial charge in [0.15, 0.2) is 0 Å². The zero-order valence-corrected chi connectivity index (χ0v) is 13.6. The first-order valence-corrected chi connectivity index (χ1v) is 8.38. The van der Waals surface area contributed by atoms with Crippen molar-refractivity contribution in [1.82, 2.24) is 14.9 Å². The number of likely N-dealkylation sites (N-methyl/N-ethyl adjacent to an activating group) is 1. The fraction of sp³-hybridized carbons (Fsp3) is 0.533. The summed E-state index contributed by atoms with van der Waals surface area (Å²) in [7, 11) is 0. The van der Waals surface area contributed by atoms with Crippen LogP contribution in [0.1, 0.15) is 35.0 Å². The van der Waals surface area contributed by atoms with Crippen molar-refractivity contribution in [2.45, 2.75) is 32.7 Å². The minimum absolute atomic E-state index is 0.342. The van der Waals surface area contributed by atoms with E-state index >= 15 is 0 Å². The van der Waals surface area contributed by atoms with Gasteiger partial charge in [-0.3, -0.25) is 4.90 Å². The largest absolute Gasteiger partial charge is 0.477 e. The molecule has 2 aromatic heterocycles. The molecule has 0 radical (unpaired) electrons. The number of nitrogens with zero attached hydrogens (tertiary/aromatic N) is 3. The van der Waals surface area contributed by atoms with Crippen molar-refractivity contribution >= 4 is 33.3 Å². The lowest BCUT2D eigenvalue weighted by molar-refractivity contribution is 0.0701. The molecule has 1 fully saturated rings. The number of carbonyl (C=O) groups is 1. The van der Waals surface area contributed by atoms with Gasteiger partial charge in [0.1, 0.15) is 21.9 Å². The minimum Gasteiger partial charge on any atom is -0.477 e. The number of nitrogens with one attached hydrogen (secondary N) is 1. The number of anilines is 1. The highest BCUT2D eigenvalue weighted by Crippen LogP contribution is 2.33. The maximum Gasteiger partial charge on any atom is 0.346 e. The standard InChI is InChI=1S/C15H20N4O2S/c1-3-19-6-4-5-10(19)7-16-13-11-9(2)12(15(20)21)22-14(11)18-8-17-13/h8,10H,3-7H2,1-2H3,(H,20,21)(H,16,17,18)/t10-/m0/s1. The van der Waals surface area contributed by atoms with E-state index in [1.807, 2.05) is 6.92 Å². The number of hydrogen-bond acceptors (Lipinski definition) is 6. The quantitative estimate of drug-likeness (QED) is 0.881. The maximum atomic E-state index is 11.3. The molecule has 0 saturated carbocycles. The van der Waals surface area contributed by atoms with Gasteiger partial charge in [-0.15, -0.1) is 11.3 Å². The number of fused-ring (bicyclic) bond motifs is 1. The van der Waals surface area contributed by atoms with E-state index < -0.39 is 5.97 Å². The van der Waals surface area contributed by atoms with Crippen LogP contribution in [0, 0.1) is 6.92 Å². The summed E-state index contributed by atoms with van der Waals surface area (Å²) < 4.78 is 0. The Hall–Kier alpha value is -1.73. The molecule has 3 heterocycles. The summed E-state index contributed by atoms with van der Waals surface area (Å²) >= 11 is 1.21. The molecule has 118 valence electrons. The van der Waals surface area contributed by atoms with Crippen molar-refractivity contribution in [3.05, 3.63) is 16.8 Å². The molecule has 0 aromatic carbocycles. The highest BCUT2D eigenvalue weighted by molar-refractivity contribution is 7.20. The van der Waals surface area contributed by atoms with Crippen LogP contribution >= 0.6 is 11.3 Å². The van der Waals surface area contributed by atoms with Crippen LogP contribution in [-0.2, 0) is 0 Å². The van der Waals surface area contributed by atoms with E-state index in [1.54, 1.807) is 0 Å². The molecule has 2 N–H and O–H groups in total. The molecule has 7 heteroatoms. The summed E-state index contributed by atoms with van der Waals surface area (Å²) in [6.07, 6.45) is 3.93. The van der Waals surface area contributed by atoms with Crippen LogP contribution in [0.15, 0.2) is 6.33 Å². The van der Waals surface area contributed by atoms with Crippen LogP contribution in [0.3, 0.4) is 0 Å². The zero-order valence-electron chi connectivity index (χ0n) is 12.8. The van der Waals surface area contributed by atoms with Gasteiger partial charge in [-0.1, -0.05) is 6.92 Å². The fourth-order valence-corrected chi connectivity index (χ4v) is 4.15. The average Bonchev–Trinajstić information content (AvgIpc) is 3.09. The average molecular weight is 320 g/mol. The van der Waals surface area contributed by atoms with Crippen LogP contribution in [-0.4, -0.2) is 51.6 Å². The molecular weight excluding hydrogens is 300 g/mol. The first-order valence-electron chi connectivity index (χ1n) is 7.57. The number of aromatic nitrogens is 2. The summed E-state index contributed by atoms with van der Waals surface area (Å²) in [5.74, 6) is -0.159. The third-order valence-electron chi connectivity index (χ3n) is 4.33. The predicted octanol–water partition coefficient (Wildman–Crippen LogP) is 2.59. The summed E-state index contributed by atoms with van der Waals surface area (Å²) in [5, 5.41) is 13.5. The molecule has 1 aliphatic rings. The Morgan fingerprint density at radius 2 is 2.36 bits per heavy atom. The van der Waals surface area contributed by atoms with Crippen LogP contribution in [0.2, 0.25) is 0 Å². The van der Waals surface area contributed by atoms with Gasteiger partial charge in [0, 0.05) is 12.6 Å². The van der Waals surface area contributed by atoms with E-state index in [4.69, 9.17) is 0 Å². The number of thiophene rings is 1. The van der Waals surface area contributed by atoms with Crippen molar-refractivity contribution < 1.29 is 9.90 Å². The zero-order chi connectivity index (χ0) is 15.7. The highest BCUT2D eigenvalue weighted by atomic mass is 32.1. The van der Waals surface area contributed by atoms with Crippen molar-refractivity contribution in [3.63, 3.8) is 0 Å². The topological polar surface area (TPSA) is 78.3 Å². The molecule has 0 amide bonds. The first kappa shape index (κ1) is 15.2. The molecule has 0 bridgehead atoms. The maximum absolute atomic E-state index is 11.3. The number of carboxylic acids is 1. The SMILES string of the molecule is CCN1CCC[C@H]1CNc1ncnc2sc(C(=O)O)c(C)c12. The smallest absolute Gasteiger partial charge is 0.346 e. The van der Waals surface area contributed by atoms with Crippen LogP contribution in [0.25, 0.3) is 10.2 Å². The monoisotopic (exact) mass is 320 g/mol. The van der Waals surface area contributed by atoms with Gasteiger partial charge < -0.3 is 10.4 Å². The van der Waals surface area contributed by atoms with E-state index in [1.165, 1.54) is 30.5 Å². The van der Waals surface area contributed by atoms with E-state index in [2.05, 4.69) is 27.1 Å². The van der Waals surface area contributed by atoms with Crippen LogP contribution in [0.5, 0.6) is 0 Å². The first-order chi connectivity index (χ1) is 10.6. The number of aryl methyl sites for hydroxylation is 1. The van der Waals surface area contributed by atoms with Crippen LogP contribution in [0.4, 0.5) is 5.82 Å². The number of carboxylic acid groups (broad SMARTS) is 1. The van der Waals surface area contributed by atoms with Crippen molar-refractivity contribution in [2.75, 3.05) is 25.0 Å². The van der Waals surface area contributed by atoms with Gasteiger partial charge >= 0.3 is 5.97 Å². The second-order valence-electron chi connectivity index (χ2n) is 5.57. The number of aromatic carboxylic acids is 1. The Kier molecular flexibility index (Phi) is 4.26. The Morgan fingerprint density at radius 1 is 1.55 bits per heavy atom. The molecule has 22 heavy (non-hydrogen) atoms. The molecule has 0 unspecified atom stereocenters. The molecule has 1 atom stereocenters. The minimum atomic E-state index is -0.903. The van der Waals surface area contributed by atoms with E-state index in [-0.39, 0.29) is 0 Å². The summed E-state index contributed by atoms with van der Waals surface area (Å²) in [6.45, 7) is 7.06. The highest BCUT2D eigenvalue weighted by Gasteiger charge is 2.24. The lowest BCUT2D eigenvalue weighted by atomic mass is 10.2. The fourth-order valence-electron chi connectivity index (χ4n) is 3.17. The molecule has 3 rings (SSSR count). The summed E-state index contributed by atoms with van der Waals surface area (Å²) in [6, 6.07) is 0.521. The molecule has 1 saturated heterocycles. The summed E-state index contributed by atoms with van der Waals surface area (Å²) in [4.78, 5) is 23.4. The van der Waals surface area contributed by atoms with E-state index in [9.17, 15) is 9.90 Å². The lowest BCUT2D eigenvalue weighted by Crippen LogP contribution is -2.34. The Bertz CT molecular complexity index is 700. The number of likely N-dealkylation sites (tertiary alicyclic amines) is 1. The normalized spacial score (nSPS) is 18.9. The lowest BCUT2D eigenvalue weighted by Gasteiger charge is -2.23. The summed E-state index contributed by atoms with van der Waals surface area (Å²) in [5.41, 5.74) is 0.745. The number of hydrogen-bond donors (Lipinski definition) is 2. The van der Waals surface area contributed by atoms with Gasteiger partial charge in [0.2, 0.25) is 0 Å². The Morgan fingerprint density at radius 3 is 3.09 bits per heavy atom. The predicted molar refractivity (Wildman–Crippen MR) is 87.9 cm³/mol. The molecule has 6 nitrogen and oxygen atoms in total. The molecule has 1 aliphatic heterocycles. The van der Waals surface area contributed by atoms with E-state index in [0.29, 0.717) is 10.9 Å². The third-order valence-corrected chi connectivity index (χ3v) is 5.52. The molecule has 0 spiro atoms. The second-order valence-corrected chi connectivity index (χ2v) is 6.57.